The van der Waals surface area contributed by atoms with E-state index < -0.39 is 29.7 Å². The molecule has 1 amide bonds. The molecular formula is C20H19NO6. The number of methoxy groups -OCH3 is 2. The number of aliphatic hydroxyl groups is 1. The Labute approximate surface area is 156 Å². The number of rotatable bonds is 6. The van der Waals surface area contributed by atoms with Gasteiger partial charge in [0.1, 0.15) is 12.3 Å². The summed E-state index contributed by atoms with van der Waals surface area (Å²) in [7, 11) is 2.73. The summed E-state index contributed by atoms with van der Waals surface area (Å²) in [5.41, 5.74) is -1.01. The Morgan fingerprint density at radius 1 is 1.07 bits per heavy atom. The fraction of sp³-hybridized carbons (Fsp3) is 0.250. The Balaban J connectivity index is 1.92. The highest BCUT2D eigenvalue weighted by Crippen LogP contribution is 2.42. The van der Waals surface area contributed by atoms with Gasteiger partial charge in [-0.05, 0) is 30.3 Å². The number of carbonyl (C=O) groups is 3. The van der Waals surface area contributed by atoms with E-state index >= 15 is 0 Å². The number of amides is 1. The average Bonchev–Trinajstić information content (AvgIpc) is 2.90. The lowest BCUT2D eigenvalue weighted by molar-refractivity contribution is -0.142. The van der Waals surface area contributed by atoms with Crippen LogP contribution in [0.1, 0.15) is 22.3 Å². The average molecular weight is 369 g/mol. The second-order valence-corrected chi connectivity index (χ2v) is 6.17. The van der Waals surface area contributed by atoms with E-state index in [1.165, 1.54) is 14.2 Å². The Morgan fingerprint density at radius 3 is 2.37 bits per heavy atom. The fourth-order valence-corrected chi connectivity index (χ4v) is 3.14. The number of anilines is 1. The molecule has 1 heterocycles. The number of ketones is 1. The van der Waals surface area contributed by atoms with Gasteiger partial charge >= 0.3 is 5.97 Å². The molecule has 0 aliphatic carbocycles. The molecule has 0 unspecified atom stereocenters. The lowest BCUT2D eigenvalue weighted by atomic mass is 9.88. The van der Waals surface area contributed by atoms with Gasteiger partial charge in [0.25, 0.3) is 5.91 Å². The van der Waals surface area contributed by atoms with Crippen LogP contribution in [-0.4, -0.2) is 43.5 Å². The van der Waals surface area contributed by atoms with Gasteiger partial charge in [0.15, 0.2) is 11.4 Å². The van der Waals surface area contributed by atoms with E-state index in [0.717, 1.165) is 4.90 Å². The number of fused-ring (bicyclic) bond motifs is 1. The first-order chi connectivity index (χ1) is 12.9. The molecule has 1 N–H and O–H groups in total. The third-order valence-electron chi connectivity index (χ3n) is 4.58. The predicted molar refractivity (Wildman–Crippen MR) is 96.6 cm³/mol. The number of Topliss-reactive ketones (excluding diaryl/α,β-unsaturated/α-hetero) is 1. The van der Waals surface area contributed by atoms with Crippen LogP contribution in [0.2, 0.25) is 0 Å². The van der Waals surface area contributed by atoms with E-state index in [0.29, 0.717) is 22.6 Å². The van der Waals surface area contributed by atoms with E-state index in [4.69, 9.17) is 4.74 Å². The number of hydrogen-bond acceptors (Lipinski definition) is 6. The number of benzene rings is 2. The van der Waals surface area contributed by atoms with Crippen molar-refractivity contribution < 1.29 is 29.0 Å². The van der Waals surface area contributed by atoms with Crippen LogP contribution >= 0.6 is 0 Å². The molecule has 1 atom stereocenters. The number of nitrogens with zero attached hydrogens (tertiary/aromatic N) is 1. The maximum atomic E-state index is 12.9. The van der Waals surface area contributed by atoms with Crippen LogP contribution in [0.25, 0.3) is 0 Å². The number of carbonyl (C=O) groups excluding carboxylic acids is 3. The van der Waals surface area contributed by atoms with Crippen LogP contribution in [0.5, 0.6) is 5.75 Å². The van der Waals surface area contributed by atoms with Gasteiger partial charge in [0.05, 0.1) is 26.3 Å². The molecule has 2 aromatic carbocycles. The van der Waals surface area contributed by atoms with Crippen LogP contribution < -0.4 is 9.64 Å². The summed E-state index contributed by atoms with van der Waals surface area (Å²) < 4.78 is 9.68. The minimum atomic E-state index is -2.04. The zero-order valence-corrected chi connectivity index (χ0v) is 15.0. The second-order valence-electron chi connectivity index (χ2n) is 6.17. The van der Waals surface area contributed by atoms with Gasteiger partial charge < -0.3 is 14.6 Å². The molecule has 0 radical (unpaired) electrons. The molecule has 7 heteroatoms. The first kappa shape index (κ1) is 18.6. The molecule has 140 valence electrons. The summed E-state index contributed by atoms with van der Waals surface area (Å²) in [5, 5.41) is 11.1. The summed E-state index contributed by atoms with van der Waals surface area (Å²) in [6, 6.07) is 12.9. The van der Waals surface area contributed by atoms with E-state index in [-0.39, 0.29) is 6.54 Å². The molecule has 1 aliphatic rings. The van der Waals surface area contributed by atoms with Gasteiger partial charge in [-0.25, -0.2) is 0 Å². The third kappa shape index (κ3) is 3.29. The summed E-state index contributed by atoms with van der Waals surface area (Å²) in [4.78, 5) is 38.4. The van der Waals surface area contributed by atoms with Crippen molar-refractivity contribution in [2.45, 2.75) is 12.0 Å². The van der Waals surface area contributed by atoms with Gasteiger partial charge in [-0.1, -0.05) is 18.2 Å². The number of ether oxygens (including phenoxy) is 2. The number of hydrogen-bond donors (Lipinski definition) is 1. The van der Waals surface area contributed by atoms with Crippen LogP contribution in [0.3, 0.4) is 0 Å². The molecule has 0 saturated heterocycles. The van der Waals surface area contributed by atoms with Crippen molar-refractivity contribution in [3.63, 3.8) is 0 Å². The highest BCUT2D eigenvalue weighted by molar-refractivity contribution is 6.12. The third-order valence-corrected chi connectivity index (χ3v) is 4.58. The minimum absolute atomic E-state index is 0.292. The van der Waals surface area contributed by atoms with Crippen LogP contribution in [0.4, 0.5) is 5.69 Å². The molecule has 3 rings (SSSR count). The van der Waals surface area contributed by atoms with Gasteiger partial charge in [-0.15, -0.1) is 0 Å². The smallest absolute Gasteiger partial charge is 0.325 e. The largest absolute Gasteiger partial charge is 0.497 e. The molecule has 27 heavy (non-hydrogen) atoms. The Morgan fingerprint density at radius 2 is 1.74 bits per heavy atom. The lowest BCUT2D eigenvalue weighted by Gasteiger charge is -2.22. The monoisotopic (exact) mass is 369 g/mol. The number of para-hydroxylation sites is 1. The summed E-state index contributed by atoms with van der Waals surface area (Å²) in [5.74, 6) is -1.15. The van der Waals surface area contributed by atoms with E-state index in [1.54, 1.807) is 48.5 Å². The van der Waals surface area contributed by atoms with Crippen LogP contribution in [-0.2, 0) is 19.9 Å². The van der Waals surface area contributed by atoms with Crippen LogP contribution in [0.15, 0.2) is 48.5 Å². The normalized spacial score (nSPS) is 18.2. The van der Waals surface area contributed by atoms with Crippen molar-refractivity contribution in [2.24, 2.45) is 0 Å². The molecule has 1 aliphatic heterocycles. The molecule has 7 nitrogen and oxygen atoms in total. The zero-order chi connectivity index (χ0) is 19.6. The molecule has 0 fully saturated rings. The molecule has 0 aromatic heterocycles. The van der Waals surface area contributed by atoms with E-state index in [2.05, 4.69) is 4.74 Å². The highest BCUT2D eigenvalue weighted by atomic mass is 16.5. The van der Waals surface area contributed by atoms with Gasteiger partial charge in [-0.3, -0.25) is 19.3 Å². The lowest BCUT2D eigenvalue weighted by Crippen LogP contribution is -2.43. The minimum Gasteiger partial charge on any atom is -0.497 e. The topological polar surface area (TPSA) is 93.1 Å². The predicted octanol–water partition coefficient (Wildman–Crippen LogP) is 1.68. The molecule has 0 saturated carbocycles. The SMILES string of the molecule is COC(=O)CN1C(=O)[C@@](O)(CC(=O)c2ccc(OC)cc2)c2ccccc21. The quantitative estimate of drug-likeness (QED) is 0.615. The summed E-state index contributed by atoms with van der Waals surface area (Å²) in [6.45, 7) is -0.342. The van der Waals surface area contributed by atoms with Crippen molar-refractivity contribution in [2.75, 3.05) is 25.7 Å². The van der Waals surface area contributed by atoms with Crippen molar-refractivity contribution in [3.05, 3.63) is 59.7 Å². The molecule has 0 spiro atoms. The molecule has 2 aromatic rings. The van der Waals surface area contributed by atoms with E-state index in [9.17, 15) is 19.5 Å². The van der Waals surface area contributed by atoms with Crippen LogP contribution in [0, 0.1) is 0 Å². The summed E-state index contributed by atoms with van der Waals surface area (Å²) in [6.07, 6.45) is -0.438. The van der Waals surface area contributed by atoms with Crippen molar-refractivity contribution >= 4 is 23.3 Å². The van der Waals surface area contributed by atoms with Crippen molar-refractivity contribution in [3.8, 4) is 5.75 Å². The highest BCUT2D eigenvalue weighted by Gasteiger charge is 2.51. The van der Waals surface area contributed by atoms with E-state index in [1.807, 2.05) is 0 Å². The van der Waals surface area contributed by atoms with Gasteiger partial charge in [0.2, 0.25) is 0 Å². The zero-order valence-electron chi connectivity index (χ0n) is 15.0. The molecule has 0 bridgehead atoms. The molecular weight excluding hydrogens is 350 g/mol. The maximum absolute atomic E-state index is 12.9. The summed E-state index contributed by atoms with van der Waals surface area (Å²) >= 11 is 0. The Hall–Kier alpha value is -3.19. The second kappa shape index (κ2) is 7.20. The number of esters is 1. The standard InChI is InChI=1S/C20H19NO6/c1-26-14-9-7-13(8-10-14)17(22)11-20(25)15-5-3-4-6-16(15)21(19(20)24)12-18(23)27-2/h3-10,25H,11-12H2,1-2H3/t20-/m1/s1. The Kier molecular flexibility index (Phi) is 4.96. The first-order valence-corrected chi connectivity index (χ1v) is 8.28. The fourth-order valence-electron chi connectivity index (χ4n) is 3.14. The Bertz CT molecular complexity index is 892. The van der Waals surface area contributed by atoms with Gasteiger partial charge in [0, 0.05) is 11.1 Å². The van der Waals surface area contributed by atoms with Gasteiger partial charge in [-0.2, -0.15) is 0 Å². The van der Waals surface area contributed by atoms with Crippen molar-refractivity contribution in [1.82, 2.24) is 0 Å². The first-order valence-electron chi connectivity index (χ1n) is 8.28. The van der Waals surface area contributed by atoms with Crippen molar-refractivity contribution in [1.29, 1.82) is 0 Å². The maximum Gasteiger partial charge on any atom is 0.325 e.